The molecule has 5 heteroatoms. The zero-order valence-corrected chi connectivity index (χ0v) is 10.7. The fourth-order valence-corrected chi connectivity index (χ4v) is 3.61. The van der Waals surface area contributed by atoms with Crippen molar-refractivity contribution in [3.8, 4) is 0 Å². The summed E-state index contributed by atoms with van der Waals surface area (Å²) in [5, 5.41) is 13.8. The van der Waals surface area contributed by atoms with Crippen LogP contribution in [0.25, 0.3) is 0 Å². The number of aliphatic hydroxyl groups is 1. The van der Waals surface area contributed by atoms with Crippen molar-refractivity contribution in [2.75, 3.05) is 6.54 Å². The second-order valence-corrected chi connectivity index (χ2v) is 5.85. The number of hydrogen-bond acceptors (Lipinski definition) is 4. The van der Waals surface area contributed by atoms with Crippen LogP contribution in [-0.4, -0.2) is 28.4 Å². The van der Waals surface area contributed by atoms with E-state index in [1.54, 1.807) is 0 Å². The minimum atomic E-state index is -0.762. The topological polar surface area (TPSA) is 57.6 Å². The summed E-state index contributed by atoms with van der Waals surface area (Å²) in [6, 6.07) is 1.82. The molecule has 2 bridgehead atoms. The maximum absolute atomic E-state index is 12.1. The SMILES string of the molecule is O=C1C2CCC(C2)C(=O)N1CC(O)c1ccsc1. The molecule has 3 rings (SSSR count). The molecule has 1 aromatic heterocycles. The van der Waals surface area contributed by atoms with Gasteiger partial charge in [-0.2, -0.15) is 11.3 Å². The lowest BCUT2D eigenvalue weighted by atomic mass is 9.96. The largest absolute Gasteiger partial charge is 0.387 e. The van der Waals surface area contributed by atoms with Crippen molar-refractivity contribution in [2.24, 2.45) is 11.8 Å². The molecule has 1 saturated heterocycles. The Hall–Kier alpha value is -1.20. The number of nitrogens with zero attached hydrogens (tertiary/aromatic N) is 1. The molecule has 4 nitrogen and oxygen atoms in total. The standard InChI is InChI=1S/C13H15NO3S/c15-11(10-3-4-18-7-10)6-14-12(16)8-1-2-9(5-8)13(14)17/h3-4,7-9,11,15H,1-2,5-6H2. The van der Waals surface area contributed by atoms with Crippen molar-refractivity contribution in [1.29, 1.82) is 0 Å². The fraction of sp³-hybridized carbons (Fsp3) is 0.538. The molecule has 2 aliphatic rings. The number of fused-ring (bicyclic) bond motifs is 2. The Kier molecular flexibility index (Phi) is 2.95. The third kappa shape index (κ3) is 1.87. The summed E-state index contributed by atoms with van der Waals surface area (Å²) in [6.07, 6.45) is 1.59. The average Bonchev–Trinajstić information content (AvgIpc) is 3.01. The van der Waals surface area contributed by atoms with E-state index in [0.717, 1.165) is 18.4 Å². The summed E-state index contributed by atoms with van der Waals surface area (Å²) in [6.45, 7) is 0.0986. The number of carbonyl (C=O) groups is 2. The minimum absolute atomic E-state index is 0.00220. The van der Waals surface area contributed by atoms with Gasteiger partial charge in [-0.3, -0.25) is 14.5 Å². The van der Waals surface area contributed by atoms with Gasteiger partial charge in [-0.25, -0.2) is 0 Å². The van der Waals surface area contributed by atoms with E-state index in [1.807, 2.05) is 16.8 Å². The zero-order chi connectivity index (χ0) is 12.7. The van der Waals surface area contributed by atoms with Crippen LogP contribution in [0.3, 0.4) is 0 Å². The van der Waals surface area contributed by atoms with Crippen LogP contribution in [0.1, 0.15) is 30.9 Å². The van der Waals surface area contributed by atoms with Crippen LogP contribution < -0.4 is 0 Å². The van der Waals surface area contributed by atoms with Crippen molar-refractivity contribution in [3.63, 3.8) is 0 Å². The Morgan fingerprint density at radius 1 is 1.33 bits per heavy atom. The Morgan fingerprint density at radius 3 is 2.56 bits per heavy atom. The number of carbonyl (C=O) groups excluding carboxylic acids is 2. The van der Waals surface area contributed by atoms with Crippen LogP contribution in [0, 0.1) is 11.8 Å². The minimum Gasteiger partial charge on any atom is -0.387 e. The molecular formula is C13H15NO3S. The number of rotatable bonds is 3. The van der Waals surface area contributed by atoms with E-state index in [-0.39, 0.29) is 30.2 Å². The normalized spacial score (nSPS) is 28.8. The molecule has 2 heterocycles. The number of amides is 2. The molecule has 1 aromatic rings. The molecule has 3 atom stereocenters. The molecule has 2 amide bonds. The quantitative estimate of drug-likeness (QED) is 0.844. The van der Waals surface area contributed by atoms with Gasteiger partial charge in [-0.1, -0.05) is 0 Å². The van der Waals surface area contributed by atoms with E-state index in [4.69, 9.17) is 0 Å². The van der Waals surface area contributed by atoms with Crippen molar-refractivity contribution >= 4 is 23.2 Å². The van der Waals surface area contributed by atoms with Gasteiger partial charge in [0.05, 0.1) is 12.6 Å². The van der Waals surface area contributed by atoms with Gasteiger partial charge in [0.15, 0.2) is 0 Å². The maximum Gasteiger partial charge on any atom is 0.232 e. The highest BCUT2D eigenvalue weighted by atomic mass is 32.1. The van der Waals surface area contributed by atoms with Crippen LogP contribution in [0.15, 0.2) is 16.8 Å². The molecule has 18 heavy (non-hydrogen) atoms. The summed E-state index contributed by atoms with van der Waals surface area (Å²) in [7, 11) is 0. The first-order valence-corrected chi connectivity index (χ1v) is 7.16. The zero-order valence-electron chi connectivity index (χ0n) is 9.91. The first-order chi connectivity index (χ1) is 8.66. The van der Waals surface area contributed by atoms with E-state index in [1.165, 1.54) is 16.2 Å². The predicted octanol–water partition coefficient (Wildman–Crippen LogP) is 1.57. The van der Waals surface area contributed by atoms with Crippen LogP contribution >= 0.6 is 11.3 Å². The average molecular weight is 265 g/mol. The Morgan fingerprint density at radius 2 is 2.00 bits per heavy atom. The Balaban J connectivity index is 1.76. The van der Waals surface area contributed by atoms with Gasteiger partial charge in [0.2, 0.25) is 11.8 Å². The molecule has 0 radical (unpaired) electrons. The number of imide groups is 1. The monoisotopic (exact) mass is 265 g/mol. The highest BCUT2D eigenvalue weighted by molar-refractivity contribution is 7.07. The molecule has 0 aromatic carbocycles. The molecule has 96 valence electrons. The lowest BCUT2D eigenvalue weighted by Crippen LogP contribution is -2.47. The lowest BCUT2D eigenvalue weighted by molar-refractivity contribution is -0.154. The van der Waals surface area contributed by atoms with Crippen LogP contribution in [0.2, 0.25) is 0 Å². The summed E-state index contributed by atoms with van der Waals surface area (Å²) < 4.78 is 0. The molecule has 1 aliphatic carbocycles. The van der Waals surface area contributed by atoms with Crippen molar-refractivity contribution in [3.05, 3.63) is 22.4 Å². The summed E-state index contributed by atoms with van der Waals surface area (Å²) in [5.41, 5.74) is 0.776. The molecule has 1 saturated carbocycles. The fourth-order valence-electron chi connectivity index (χ4n) is 2.90. The lowest BCUT2D eigenvalue weighted by Gasteiger charge is -2.31. The third-order valence-corrected chi connectivity index (χ3v) is 4.65. The Bertz CT molecular complexity index is 449. The van der Waals surface area contributed by atoms with Crippen LogP contribution in [-0.2, 0) is 9.59 Å². The van der Waals surface area contributed by atoms with Gasteiger partial charge in [-0.05, 0) is 41.7 Å². The van der Waals surface area contributed by atoms with Gasteiger partial charge in [0, 0.05) is 11.8 Å². The van der Waals surface area contributed by atoms with Crippen LogP contribution in [0.4, 0.5) is 0 Å². The molecule has 3 unspecified atom stereocenters. The van der Waals surface area contributed by atoms with Crippen molar-refractivity contribution in [1.82, 2.24) is 4.90 Å². The molecular weight excluding hydrogens is 250 g/mol. The van der Waals surface area contributed by atoms with E-state index >= 15 is 0 Å². The second kappa shape index (κ2) is 4.48. The van der Waals surface area contributed by atoms with Crippen molar-refractivity contribution < 1.29 is 14.7 Å². The van der Waals surface area contributed by atoms with E-state index < -0.39 is 6.10 Å². The molecule has 2 fully saturated rings. The van der Waals surface area contributed by atoms with Gasteiger partial charge in [0.1, 0.15) is 0 Å². The summed E-state index contributed by atoms with van der Waals surface area (Å²) in [4.78, 5) is 25.5. The van der Waals surface area contributed by atoms with E-state index in [0.29, 0.717) is 6.42 Å². The number of thiophene rings is 1. The summed E-state index contributed by atoms with van der Waals surface area (Å²) in [5.74, 6) is -0.184. The Labute approximate surface area is 109 Å². The van der Waals surface area contributed by atoms with Gasteiger partial charge in [-0.15, -0.1) is 0 Å². The number of β-amino-alcohol motifs (C(OH)–C–C–N with tert-alkyl or cyclic N) is 1. The number of piperidine rings is 1. The van der Waals surface area contributed by atoms with E-state index in [9.17, 15) is 14.7 Å². The number of aliphatic hydroxyl groups excluding tert-OH is 1. The van der Waals surface area contributed by atoms with Gasteiger partial charge >= 0.3 is 0 Å². The highest BCUT2D eigenvalue weighted by Crippen LogP contribution is 2.38. The van der Waals surface area contributed by atoms with E-state index in [2.05, 4.69) is 0 Å². The second-order valence-electron chi connectivity index (χ2n) is 5.07. The molecule has 1 aliphatic heterocycles. The van der Waals surface area contributed by atoms with Crippen molar-refractivity contribution in [2.45, 2.75) is 25.4 Å². The molecule has 1 N–H and O–H groups in total. The van der Waals surface area contributed by atoms with Crippen LogP contribution in [0.5, 0.6) is 0 Å². The van der Waals surface area contributed by atoms with Gasteiger partial charge < -0.3 is 5.11 Å². The summed E-state index contributed by atoms with van der Waals surface area (Å²) >= 11 is 1.50. The van der Waals surface area contributed by atoms with Gasteiger partial charge in [0.25, 0.3) is 0 Å². The highest BCUT2D eigenvalue weighted by Gasteiger charge is 2.45. The third-order valence-electron chi connectivity index (χ3n) is 3.95. The molecule has 0 spiro atoms. The number of hydrogen-bond donors (Lipinski definition) is 1. The first kappa shape index (κ1) is 11.9. The smallest absolute Gasteiger partial charge is 0.232 e. The first-order valence-electron chi connectivity index (χ1n) is 6.22. The number of likely N-dealkylation sites (tertiary alicyclic amines) is 1. The predicted molar refractivity (Wildman–Crippen MR) is 66.8 cm³/mol. The maximum atomic E-state index is 12.1.